The molecule has 3 atom stereocenters. The molecule has 2 N–H and O–H groups in total. The minimum Gasteiger partial charge on any atom is -0.444 e. The first-order valence-electron chi connectivity index (χ1n) is 18.8. The van der Waals surface area contributed by atoms with E-state index in [0.717, 1.165) is 23.9 Å². The van der Waals surface area contributed by atoms with Gasteiger partial charge in [0.2, 0.25) is 0 Å². The fourth-order valence-corrected chi connectivity index (χ4v) is 6.55. The Hall–Kier alpha value is -2.18. The van der Waals surface area contributed by atoms with Crippen LogP contribution in [0.25, 0.3) is 0 Å². The summed E-state index contributed by atoms with van der Waals surface area (Å²) in [5, 5.41) is 20.1. The Morgan fingerprint density at radius 2 is 0.971 bits per heavy atom. The molecule has 2 rings (SSSR count). The van der Waals surface area contributed by atoms with Gasteiger partial charge in [-0.25, -0.2) is 9.59 Å². The summed E-state index contributed by atoms with van der Waals surface area (Å²) < 4.78 is 123. The summed E-state index contributed by atoms with van der Waals surface area (Å²) in [4.78, 5) is 63.6. The van der Waals surface area contributed by atoms with Crippen LogP contribution in [0.5, 0.6) is 0 Å². The van der Waals surface area contributed by atoms with Crippen molar-refractivity contribution in [2.45, 2.75) is 95.1 Å². The van der Waals surface area contributed by atoms with E-state index in [1.807, 2.05) is 0 Å². The number of hydrogen-bond donors (Lipinski definition) is 2. The molecule has 29 heteroatoms. The van der Waals surface area contributed by atoms with Crippen LogP contribution < -0.4 is 63.4 Å². The molecule has 2 aromatic carbocycles. The molecule has 17 nitrogen and oxygen atoms in total. The van der Waals surface area contributed by atoms with Gasteiger partial charge in [0.25, 0.3) is 0 Å². The maximum Gasteiger partial charge on any atom is 1.00 e. The Morgan fingerprint density at radius 1 is 0.662 bits per heavy atom. The van der Waals surface area contributed by atoms with Crippen molar-refractivity contribution >= 4 is 76.7 Å². The molecule has 382 valence electrons. The number of carbonyl (C=O) groups is 5. The average Bonchev–Trinajstić information content (AvgIpc) is 3.15. The number of amides is 4. The third kappa shape index (κ3) is 22.1. The van der Waals surface area contributed by atoms with Gasteiger partial charge in [-0.3, -0.25) is 33.1 Å². The van der Waals surface area contributed by atoms with Gasteiger partial charge in [-0.2, -0.15) is 26.3 Å². The van der Waals surface area contributed by atoms with Crippen LogP contribution in [-0.4, -0.2) is 138 Å². The van der Waals surface area contributed by atoms with E-state index in [-0.39, 0.29) is 60.8 Å². The normalized spacial score (nSPS) is 14.1. The molecule has 0 fully saturated rings. The van der Waals surface area contributed by atoms with Crippen molar-refractivity contribution in [3.63, 3.8) is 0 Å². The number of aliphatic hydroxyl groups is 2. The van der Waals surface area contributed by atoms with E-state index in [9.17, 15) is 60.5 Å². The molecule has 0 aromatic heterocycles. The number of rotatable bonds is 13. The fourth-order valence-electron chi connectivity index (χ4n) is 5.96. The van der Waals surface area contributed by atoms with Crippen molar-refractivity contribution in [2.75, 3.05) is 47.9 Å². The van der Waals surface area contributed by atoms with Gasteiger partial charge in [0.15, 0.2) is 0 Å². The zero-order valence-corrected chi connectivity index (χ0v) is 45.7. The topological polar surface area (TPSA) is 249 Å². The van der Waals surface area contributed by atoms with Crippen LogP contribution in [0.1, 0.15) is 65.5 Å². The summed E-state index contributed by atoms with van der Waals surface area (Å²) in [6, 6.07) is 8.23. The summed E-state index contributed by atoms with van der Waals surface area (Å²) in [6.45, 7) is 7.52. The summed E-state index contributed by atoms with van der Waals surface area (Å²) in [7, 11) is 4.37. The minimum atomic E-state index is -5.94. The van der Waals surface area contributed by atoms with Crippen LogP contribution in [-0.2, 0) is 34.9 Å². The van der Waals surface area contributed by atoms with Crippen LogP contribution in [0, 0.1) is 0 Å². The van der Waals surface area contributed by atoms with Gasteiger partial charge < -0.3 is 34.3 Å². The summed E-state index contributed by atoms with van der Waals surface area (Å²) in [5.74, 6) is -4.28. The Bertz CT molecular complexity index is 2030. The van der Waals surface area contributed by atoms with Gasteiger partial charge in [0.05, 0.1) is 43.9 Å². The number of likely N-dealkylation sites (N-methyl/N-ethyl adjacent to an activating group) is 4. The van der Waals surface area contributed by atoms with E-state index in [1.165, 1.54) is 50.5 Å². The SMILES string of the molecule is CN(CC(CC(O)CO)(c1ccc(Cl)c(Cl)c1)N(C)C(=O)OC(C)(C)C)C(=O)C(F)(F)F.CN(CC(CC=O)(c1ccc(Cl)c(Cl)c1)N(C)C(=O)OC(C)(C)C)C(=O)C(F)(F)F.[Na+].[O-][I+3]([O-])([O-])[O-]. The monoisotopic (exact) mass is 1190 g/mol. The van der Waals surface area contributed by atoms with E-state index in [0.29, 0.717) is 16.1 Å². The molecule has 0 aliphatic heterocycles. The molecular weight excluding hydrogens is 1140 g/mol. The predicted molar refractivity (Wildman–Crippen MR) is 220 cm³/mol. The van der Waals surface area contributed by atoms with E-state index in [1.54, 1.807) is 41.5 Å². The predicted octanol–water partition coefficient (Wildman–Crippen LogP) is -2.26. The van der Waals surface area contributed by atoms with Gasteiger partial charge in [-0.1, -0.05) is 58.5 Å². The number of carbonyl (C=O) groups excluding carboxylic acids is 5. The number of alkyl halides is 6. The van der Waals surface area contributed by atoms with Gasteiger partial charge >= 0.3 is 65.9 Å². The molecule has 0 radical (unpaired) electrons. The van der Waals surface area contributed by atoms with Gasteiger partial charge in [0, 0.05) is 54.1 Å². The molecule has 0 heterocycles. The molecule has 0 saturated carbocycles. The molecule has 2 aromatic rings. The van der Waals surface area contributed by atoms with E-state index in [2.05, 4.69) is 0 Å². The average molecular weight is 1190 g/mol. The molecule has 3 unspecified atom stereocenters. The Morgan fingerprint density at radius 3 is 1.25 bits per heavy atom. The minimum absolute atomic E-state index is 0. The first-order chi connectivity index (χ1) is 30.0. The fraction of sp³-hybridized carbons (Fsp3) is 0.564. The Kier molecular flexibility index (Phi) is 27.0. The van der Waals surface area contributed by atoms with E-state index < -0.39 is 117 Å². The van der Waals surface area contributed by atoms with Crippen molar-refractivity contribution in [1.82, 2.24) is 19.6 Å². The van der Waals surface area contributed by atoms with Crippen molar-refractivity contribution in [2.24, 2.45) is 0 Å². The second-order valence-electron chi connectivity index (χ2n) is 16.5. The summed E-state index contributed by atoms with van der Waals surface area (Å²) >= 11 is 18.1. The van der Waals surface area contributed by atoms with Crippen molar-refractivity contribution < 1.29 is 133 Å². The zero-order valence-electron chi connectivity index (χ0n) is 38.5. The van der Waals surface area contributed by atoms with Crippen molar-refractivity contribution in [3.8, 4) is 0 Å². The molecule has 0 saturated heterocycles. The standard InChI is InChI=1S/C20H27Cl2F3N2O5.C19H23Cl2F3N2O4.IO4.Na/c1-18(2,3)32-17(31)27(5)19(9-13(29)10-28,11-26(4)16(30)20(23,24)25)12-6-7-14(21)15(22)8-12;1-17(2,3)30-16(29)26(5)18(8-9-27,11-25(4)15(28)19(22,23)24)12-6-7-13(20)14(21)10-12;2-1(3,4)5;/h6-8,13,28-29H,9-11H2,1-5H3;6-7,9-10H,8,11H2,1-5H3;;/q;;-1;+1. The van der Waals surface area contributed by atoms with Crippen LogP contribution in [0.15, 0.2) is 36.4 Å². The third-order valence-electron chi connectivity index (χ3n) is 8.91. The number of ether oxygens (including phenoxy) is 2. The summed E-state index contributed by atoms with van der Waals surface area (Å²) in [6.07, 6.45) is -14.0. The molecule has 0 aliphatic rings. The van der Waals surface area contributed by atoms with Gasteiger partial charge in [-0.05, 0) is 76.9 Å². The van der Waals surface area contributed by atoms with Crippen LogP contribution in [0.4, 0.5) is 35.9 Å². The van der Waals surface area contributed by atoms with Crippen LogP contribution in [0.3, 0.4) is 0 Å². The molecule has 0 spiro atoms. The largest absolute Gasteiger partial charge is 1.00 e. The molecule has 0 aliphatic carbocycles. The second-order valence-corrected chi connectivity index (χ2v) is 20.3. The maximum absolute atomic E-state index is 13.1. The van der Waals surface area contributed by atoms with E-state index in [4.69, 9.17) is 69.6 Å². The second kappa shape index (κ2) is 27.0. The van der Waals surface area contributed by atoms with Gasteiger partial charge in [0.1, 0.15) is 37.6 Å². The maximum atomic E-state index is 13.1. The quantitative estimate of drug-likeness (QED) is 0.0932. The van der Waals surface area contributed by atoms with Crippen LogP contribution >= 0.6 is 46.4 Å². The third-order valence-corrected chi connectivity index (χ3v) is 10.4. The number of nitrogens with zero attached hydrogens (tertiary/aromatic N) is 4. The van der Waals surface area contributed by atoms with Crippen molar-refractivity contribution in [1.29, 1.82) is 0 Å². The molecule has 4 amide bonds. The Labute approximate surface area is 437 Å². The molecular formula is C39H50Cl4F6IN4NaO13. The first kappa shape index (κ1) is 67.9. The summed E-state index contributed by atoms with van der Waals surface area (Å²) in [5.41, 5.74) is -4.95. The van der Waals surface area contributed by atoms with Gasteiger partial charge in [-0.15, -0.1) is 0 Å². The van der Waals surface area contributed by atoms with Crippen molar-refractivity contribution in [3.05, 3.63) is 67.6 Å². The first-order valence-corrected chi connectivity index (χ1v) is 23.9. The number of aliphatic hydroxyl groups excluding tert-OH is 2. The smallest absolute Gasteiger partial charge is 0.444 e. The molecule has 68 heavy (non-hydrogen) atoms. The zero-order chi connectivity index (χ0) is 53.1. The number of benzene rings is 2. The Balaban J connectivity index is 0. The number of halogens is 11. The van der Waals surface area contributed by atoms with Crippen LogP contribution in [0.2, 0.25) is 20.1 Å². The molecule has 0 bridgehead atoms. The van der Waals surface area contributed by atoms with E-state index >= 15 is 0 Å². The number of aldehydes is 1. The number of hydrogen-bond acceptors (Lipinski definition) is 13.